The van der Waals surface area contributed by atoms with Crippen LogP contribution in [0.25, 0.3) is 0 Å². The van der Waals surface area contributed by atoms with Crippen LogP contribution in [0.5, 0.6) is 0 Å². The first-order chi connectivity index (χ1) is 18.6. The summed E-state index contributed by atoms with van der Waals surface area (Å²) >= 11 is 0. The van der Waals surface area contributed by atoms with E-state index in [1.165, 1.54) is 0 Å². The van der Waals surface area contributed by atoms with Crippen molar-refractivity contribution < 1.29 is 59.1 Å². The van der Waals surface area contributed by atoms with Crippen molar-refractivity contribution in [1.82, 2.24) is 5.32 Å². The van der Waals surface area contributed by atoms with E-state index in [0.29, 0.717) is 12.8 Å². The third-order valence-electron chi connectivity index (χ3n) is 8.10. The Labute approximate surface area is 235 Å². The summed E-state index contributed by atoms with van der Waals surface area (Å²) in [7, 11) is 0. The molecule has 3 rings (SSSR count). The molecule has 1 amide bonds. The first kappa shape index (κ1) is 33.4. The normalized spacial score (nSPS) is 46.6. The average Bonchev–Trinajstić information content (AvgIpc) is 2.86. The summed E-state index contributed by atoms with van der Waals surface area (Å²) in [5.74, 6) is -0.903. The SMILES string of the molecule is CCC1OC(OC2C(C)CC(C)C(OC3OC(CO)C(O)C(NC(=O)OC(C)(C)C)C3O)C2O)C(C)C(O)C1O. The molecule has 15 atom stereocenters. The van der Waals surface area contributed by atoms with E-state index in [2.05, 4.69) is 5.32 Å². The number of aliphatic hydroxyl groups excluding tert-OH is 6. The molecule has 3 aliphatic rings. The highest BCUT2D eigenvalue weighted by molar-refractivity contribution is 5.68. The van der Waals surface area contributed by atoms with E-state index in [0.717, 1.165) is 0 Å². The van der Waals surface area contributed by atoms with Crippen molar-refractivity contribution in [3.8, 4) is 0 Å². The Kier molecular flexibility index (Phi) is 11.2. The van der Waals surface area contributed by atoms with Crippen LogP contribution in [-0.4, -0.2) is 122 Å². The maximum Gasteiger partial charge on any atom is 0.408 e. The molecule has 2 heterocycles. The first-order valence-electron chi connectivity index (χ1n) is 14.2. The second-order valence-corrected chi connectivity index (χ2v) is 12.6. The number of amides is 1. The van der Waals surface area contributed by atoms with Crippen molar-refractivity contribution in [2.24, 2.45) is 17.8 Å². The van der Waals surface area contributed by atoms with Gasteiger partial charge in [-0.3, -0.25) is 0 Å². The summed E-state index contributed by atoms with van der Waals surface area (Å²) in [5.41, 5.74) is -0.824. The van der Waals surface area contributed by atoms with Crippen LogP contribution in [0, 0.1) is 17.8 Å². The van der Waals surface area contributed by atoms with Gasteiger partial charge < -0.3 is 59.6 Å². The lowest BCUT2D eigenvalue weighted by atomic mass is 9.77. The highest BCUT2D eigenvalue weighted by atomic mass is 16.7. The molecule has 0 bridgehead atoms. The standard InChI is InChI=1S/C27H49NO12/c1-8-14-19(32)17(30)13(4)24(36-14)38-22-11(2)9-12(3)23(21(22)34)39-25-20(33)16(18(31)15(10-29)37-25)28-26(35)40-27(5,6)7/h11-25,29-34H,8-10H2,1-7H3,(H,28,35). The summed E-state index contributed by atoms with van der Waals surface area (Å²) in [4.78, 5) is 12.4. The van der Waals surface area contributed by atoms with Crippen LogP contribution in [0.1, 0.15) is 61.3 Å². The minimum Gasteiger partial charge on any atom is -0.444 e. The van der Waals surface area contributed by atoms with Crippen LogP contribution in [0.15, 0.2) is 0 Å². The van der Waals surface area contributed by atoms with E-state index in [9.17, 15) is 35.4 Å². The van der Waals surface area contributed by atoms with Crippen LogP contribution >= 0.6 is 0 Å². The van der Waals surface area contributed by atoms with Gasteiger partial charge in [-0.1, -0.05) is 27.7 Å². The lowest BCUT2D eigenvalue weighted by molar-refractivity contribution is -0.332. The number of alkyl carbamates (subject to hydrolysis) is 1. The minimum absolute atomic E-state index is 0.129. The molecule has 15 unspecified atom stereocenters. The summed E-state index contributed by atoms with van der Waals surface area (Å²) in [5, 5.41) is 66.2. The number of carbonyl (C=O) groups is 1. The number of ether oxygens (including phenoxy) is 5. The number of aliphatic hydroxyl groups is 6. The molecule has 40 heavy (non-hydrogen) atoms. The molecule has 1 saturated carbocycles. The Bertz CT molecular complexity index is 824. The molecule has 13 nitrogen and oxygen atoms in total. The van der Waals surface area contributed by atoms with Crippen molar-refractivity contribution in [3.05, 3.63) is 0 Å². The fraction of sp³-hybridized carbons (Fsp3) is 0.963. The minimum atomic E-state index is -1.56. The van der Waals surface area contributed by atoms with E-state index in [4.69, 9.17) is 23.7 Å². The summed E-state index contributed by atoms with van der Waals surface area (Å²) < 4.78 is 29.1. The van der Waals surface area contributed by atoms with E-state index >= 15 is 0 Å². The van der Waals surface area contributed by atoms with Gasteiger partial charge in [-0.15, -0.1) is 0 Å². The smallest absolute Gasteiger partial charge is 0.408 e. The monoisotopic (exact) mass is 579 g/mol. The fourth-order valence-electron chi connectivity index (χ4n) is 5.83. The van der Waals surface area contributed by atoms with Crippen LogP contribution in [-0.2, 0) is 23.7 Å². The van der Waals surface area contributed by atoms with Gasteiger partial charge in [0.1, 0.15) is 36.1 Å². The third kappa shape index (κ3) is 7.44. The second kappa shape index (κ2) is 13.4. The molecule has 0 aromatic heterocycles. The molecular formula is C27H49NO12. The number of hydrogen-bond acceptors (Lipinski definition) is 12. The van der Waals surface area contributed by atoms with Gasteiger partial charge in [0.25, 0.3) is 0 Å². The second-order valence-electron chi connectivity index (χ2n) is 12.6. The lowest BCUT2D eigenvalue weighted by Crippen LogP contribution is -2.66. The number of hydrogen-bond donors (Lipinski definition) is 7. The number of carbonyl (C=O) groups excluding carboxylic acids is 1. The van der Waals surface area contributed by atoms with E-state index in [-0.39, 0.29) is 11.8 Å². The molecule has 0 radical (unpaired) electrons. The van der Waals surface area contributed by atoms with Crippen LogP contribution in [0.2, 0.25) is 0 Å². The van der Waals surface area contributed by atoms with Crippen molar-refractivity contribution >= 4 is 6.09 Å². The molecule has 0 aromatic carbocycles. The Morgan fingerprint density at radius 3 is 1.90 bits per heavy atom. The van der Waals surface area contributed by atoms with Crippen molar-refractivity contribution in [3.63, 3.8) is 0 Å². The molecule has 0 spiro atoms. The average molecular weight is 580 g/mol. The van der Waals surface area contributed by atoms with Gasteiger partial charge >= 0.3 is 6.09 Å². The first-order valence-corrected chi connectivity index (χ1v) is 14.2. The van der Waals surface area contributed by atoms with Gasteiger partial charge in [0.05, 0.1) is 37.1 Å². The van der Waals surface area contributed by atoms with Gasteiger partial charge in [0.15, 0.2) is 12.6 Å². The highest BCUT2D eigenvalue weighted by Crippen LogP contribution is 2.38. The molecule has 13 heteroatoms. The maximum atomic E-state index is 12.4. The largest absolute Gasteiger partial charge is 0.444 e. The maximum absolute atomic E-state index is 12.4. The lowest BCUT2D eigenvalue weighted by Gasteiger charge is -2.49. The molecular weight excluding hydrogens is 530 g/mol. The van der Waals surface area contributed by atoms with E-state index in [1.807, 2.05) is 20.8 Å². The van der Waals surface area contributed by atoms with Crippen molar-refractivity contribution in [2.45, 2.75) is 140 Å². The number of nitrogens with one attached hydrogen (secondary N) is 1. The molecule has 7 N–H and O–H groups in total. The molecule has 2 saturated heterocycles. The highest BCUT2D eigenvalue weighted by Gasteiger charge is 2.51. The van der Waals surface area contributed by atoms with Crippen molar-refractivity contribution in [1.29, 1.82) is 0 Å². The van der Waals surface area contributed by atoms with E-state index in [1.54, 1.807) is 27.7 Å². The quantitative estimate of drug-likeness (QED) is 0.207. The molecule has 0 aromatic rings. The molecule has 3 fully saturated rings. The Balaban J connectivity index is 1.75. The predicted molar refractivity (Wildman–Crippen MR) is 140 cm³/mol. The third-order valence-corrected chi connectivity index (χ3v) is 8.10. The zero-order chi connectivity index (χ0) is 30.1. The fourth-order valence-corrected chi connectivity index (χ4v) is 5.83. The van der Waals surface area contributed by atoms with Crippen molar-refractivity contribution in [2.75, 3.05) is 6.61 Å². The summed E-state index contributed by atoms with van der Waals surface area (Å²) in [6, 6.07) is -1.29. The van der Waals surface area contributed by atoms with Gasteiger partial charge in [-0.05, 0) is 45.4 Å². The zero-order valence-corrected chi connectivity index (χ0v) is 24.4. The molecule has 234 valence electrons. The van der Waals surface area contributed by atoms with Crippen LogP contribution in [0.4, 0.5) is 4.79 Å². The Morgan fingerprint density at radius 1 is 0.825 bits per heavy atom. The zero-order valence-electron chi connectivity index (χ0n) is 24.4. The van der Waals surface area contributed by atoms with E-state index < -0.39 is 97.8 Å². The van der Waals surface area contributed by atoms with Crippen LogP contribution < -0.4 is 5.32 Å². The molecule has 1 aliphatic carbocycles. The molecule has 2 aliphatic heterocycles. The topological polar surface area (TPSA) is 197 Å². The van der Waals surface area contributed by atoms with Gasteiger partial charge in [-0.2, -0.15) is 0 Å². The summed E-state index contributed by atoms with van der Waals surface area (Å²) in [6.45, 7) is 11.7. The predicted octanol–water partition coefficient (Wildman–Crippen LogP) is -0.381. The van der Waals surface area contributed by atoms with Gasteiger partial charge in [0.2, 0.25) is 0 Å². The van der Waals surface area contributed by atoms with Crippen LogP contribution in [0.3, 0.4) is 0 Å². The Hall–Kier alpha value is -1.13. The number of rotatable bonds is 7. The Morgan fingerprint density at radius 2 is 1.38 bits per heavy atom. The van der Waals surface area contributed by atoms with Gasteiger partial charge in [-0.25, -0.2) is 4.79 Å². The van der Waals surface area contributed by atoms with Gasteiger partial charge in [0, 0.05) is 5.92 Å². The summed E-state index contributed by atoms with van der Waals surface area (Å²) in [6.07, 6.45) is -12.0.